The van der Waals surface area contributed by atoms with Crippen LogP contribution in [0, 0.1) is 5.92 Å². The number of rotatable bonds is 6. The Hall–Kier alpha value is -1.79. The number of nitrogens with one attached hydrogen (secondary N) is 1. The summed E-state index contributed by atoms with van der Waals surface area (Å²) in [6.45, 7) is 0.864. The first-order valence-electron chi connectivity index (χ1n) is 6.80. The van der Waals surface area contributed by atoms with Crippen LogP contribution in [0.4, 0.5) is 0 Å². The molecule has 6 heteroatoms. The molecule has 2 atom stereocenters. The molecule has 1 aromatic rings. The third-order valence-corrected chi connectivity index (χ3v) is 3.76. The van der Waals surface area contributed by atoms with Gasteiger partial charge < -0.3 is 24.6 Å². The summed E-state index contributed by atoms with van der Waals surface area (Å²) in [6, 6.07) is 3.70. The number of hydrogen-bond acceptors (Lipinski definition) is 5. The van der Waals surface area contributed by atoms with Gasteiger partial charge in [0.25, 0.3) is 0 Å². The van der Waals surface area contributed by atoms with Crippen molar-refractivity contribution in [3.05, 3.63) is 23.3 Å². The fourth-order valence-electron chi connectivity index (χ4n) is 2.73. The fourth-order valence-corrected chi connectivity index (χ4v) is 2.73. The zero-order chi connectivity index (χ0) is 15.4. The zero-order valence-corrected chi connectivity index (χ0v) is 12.5. The first kappa shape index (κ1) is 15.6. The van der Waals surface area contributed by atoms with Crippen LogP contribution in [0.5, 0.6) is 11.5 Å². The molecule has 1 aliphatic heterocycles. The molecule has 1 heterocycles. The lowest BCUT2D eigenvalue weighted by atomic mass is 9.97. The molecule has 0 aromatic heterocycles. The van der Waals surface area contributed by atoms with Crippen LogP contribution < -0.4 is 14.8 Å². The minimum atomic E-state index is -0.774. The minimum Gasteiger partial charge on any atom is -0.497 e. The van der Waals surface area contributed by atoms with E-state index >= 15 is 0 Å². The average molecular weight is 295 g/mol. The van der Waals surface area contributed by atoms with Crippen LogP contribution >= 0.6 is 0 Å². The van der Waals surface area contributed by atoms with E-state index in [1.807, 2.05) is 12.1 Å². The normalized spacial score (nSPS) is 21.3. The van der Waals surface area contributed by atoms with Gasteiger partial charge in [-0.3, -0.25) is 4.79 Å². The molecule has 116 valence electrons. The van der Waals surface area contributed by atoms with E-state index in [2.05, 4.69) is 5.32 Å². The summed E-state index contributed by atoms with van der Waals surface area (Å²) in [7, 11) is 4.82. The van der Waals surface area contributed by atoms with E-state index in [0.29, 0.717) is 25.3 Å². The molecular weight excluding hydrogens is 274 g/mol. The Morgan fingerprint density at radius 1 is 1.33 bits per heavy atom. The van der Waals surface area contributed by atoms with Gasteiger partial charge in [-0.2, -0.15) is 0 Å². The van der Waals surface area contributed by atoms with E-state index < -0.39 is 5.97 Å². The fraction of sp³-hybridized carbons (Fsp3) is 0.533. The Morgan fingerprint density at radius 2 is 2.10 bits per heavy atom. The summed E-state index contributed by atoms with van der Waals surface area (Å²) in [4.78, 5) is 11.1. The van der Waals surface area contributed by atoms with E-state index in [0.717, 1.165) is 16.9 Å². The minimum absolute atomic E-state index is 0.0632. The van der Waals surface area contributed by atoms with Crippen LogP contribution in [0.1, 0.15) is 23.6 Å². The SMILES string of the molecule is COCc1cc(OC)cc(C2CC(C(=O)O)CN2)c1OC. The number of benzene rings is 1. The molecule has 2 rings (SSSR count). The van der Waals surface area contributed by atoms with Crippen molar-refractivity contribution in [1.29, 1.82) is 0 Å². The second kappa shape index (κ2) is 6.78. The highest BCUT2D eigenvalue weighted by atomic mass is 16.5. The van der Waals surface area contributed by atoms with Crippen molar-refractivity contribution in [3.8, 4) is 11.5 Å². The predicted octanol–water partition coefficient (Wildman–Crippen LogP) is 1.59. The monoisotopic (exact) mass is 295 g/mol. The van der Waals surface area contributed by atoms with Crippen molar-refractivity contribution in [2.75, 3.05) is 27.9 Å². The number of carboxylic acids is 1. The molecule has 1 saturated heterocycles. The third-order valence-electron chi connectivity index (χ3n) is 3.76. The number of methoxy groups -OCH3 is 3. The first-order valence-corrected chi connectivity index (χ1v) is 6.80. The second-order valence-electron chi connectivity index (χ2n) is 5.07. The van der Waals surface area contributed by atoms with Gasteiger partial charge in [0, 0.05) is 30.8 Å². The molecular formula is C15H21NO5. The molecule has 0 saturated carbocycles. The van der Waals surface area contributed by atoms with Crippen LogP contribution in [-0.2, 0) is 16.1 Å². The van der Waals surface area contributed by atoms with Crippen molar-refractivity contribution in [3.63, 3.8) is 0 Å². The van der Waals surface area contributed by atoms with Gasteiger partial charge in [-0.1, -0.05) is 0 Å². The second-order valence-corrected chi connectivity index (χ2v) is 5.07. The maximum Gasteiger partial charge on any atom is 0.307 e. The summed E-state index contributed by atoms with van der Waals surface area (Å²) in [5.41, 5.74) is 1.79. The van der Waals surface area contributed by atoms with E-state index in [4.69, 9.17) is 19.3 Å². The van der Waals surface area contributed by atoms with Crippen molar-refractivity contribution in [1.82, 2.24) is 5.32 Å². The maximum absolute atomic E-state index is 11.1. The highest BCUT2D eigenvalue weighted by Gasteiger charge is 2.32. The molecule has 21 heavy (non-hydrogen) atoms. The molecule has 1 aliphatic rings. The number of aliphatic carboxylic acids is 1. The van der Waals surface area contributed by atoms with E-state index in [-0.39, 0.29) is 12.0 Å². The molecule has 6 nitrogen and oxygen atoms in total. The molecule has 0 amide bonds. The van der Waals surface area contributed by atoms with Gasteiger partial charge >= 0.3 is 5.97 Å². The van der Waals surface area contributed by atoms with Crippen molar-refractivity contribution >= 4 is 5.97 Å². The van der Waals surface area contributed by atoms with Crippen LogP contribution in [0.15, 0.2) is 12.1 Å². The Morgan fingerprint density at radius 3 is 2.62 bits per heavy atom. The molecule has 1 aromatic carbocycles. The summed E-state index contributed by atoms with van der Waals surface area (Å²) in [5, 5.41) is 12.4. The largest absolute Gasteiger partial charge is 0.497 e. The molecule has 2 unspecified atom stereocenters. The molecule has 0 aliphatic carbocycles. The van der Waals surface area contributed by atoms with Crippen LogP contribution in [0.2, 0.25) is 0 Å². The van der Waals surface area contributed by atoms with E-state index in [9.17, 15) is 4.79 Å². The Bertz CT molecular complexity index is 517. The lowest BCUT2D eigenvalue weighted by Crippen LogP contribution is -2.17. The predicted molar refractivity (Wildman–Crippen MR) is 76.7 cm³/mol. The number of hydrogen-bond donors (Lipinski definition) is 2. The lowest BCUT2D eigenvalue weighted by molar-refractivity contribution is -0.141. The topological polar surface area (TPSA) is 77.0 Å². The Kier molecular flexibility index (Phi) is 5.03. The van der Waals surface area contributed by atoms with Crippen molar-refractivity contribution in [2.45, 2.75) is 19.1 Å². The number of ether oxygens (including phenoxy) is 3. The van der Waals surface area contributed by atoms with Gasteiger partial charge in [0.1, 0.15) is 11.5 Å². The molecule has 2 N–H and O–H groups in total. The summed E-state index contributed by atoms with van der Waals surface area (Å²) in [6.07, 6.45) is 0.533. The highest BCUT2D eigenvalue weighted by Crippen LogP contribution is 2.38. The van der Waals surface area contributed by atoms with Gasteiger partial charge in [-0.25, -0.2) is 0 Å². The lowest BCUT2D eigenvalue weighted by Gasteiger charge is -2.19. The van der Waals surface area contributed by atoms with E-state index in [1.54, 1.807) is 21.3 Å². The van der Waals surface area contributed by atoms with Crippen molar-refractivity contribution in [2.24, 2.45) is 5.92 Å². The quantitative estimate of drug-likeness (QED) is 0.830. The van der Waals surface area contributed by atoms with Gasteiger partial charge in [-0.05, 0) is 18.6 Å². The first-order chi connectivity index (χ1) is 10.1. The molecule has 0 spiro atoms. The zero-order valence-electron chi connectivity index (χ0n) is 12.5. The van der Waals surface area contributed by atoms with Crippen LogP contribution in [0.25, 0.3) is 0 Å². The average Bonchev–Trinajstić information content (AvgIpc) is 2.96. The van der Waals surface area contributed by atoms with Crippen molar-refractivity contribution < 1.29 is 24.1 Å². The standard InChI is InChI=1S/C15H21NO5/c1-19-8-10-4-11(20-2)6-12(14(10)21-3)13-5-9(7-16-13)15(17)18/h4,6,9,13,16H,5,7-8H2,1-3H3,(H,17,18). The summed E-state index contributed by atoms with van der Waals surface area (Å²) < 4.78 is 16.0. The van der Waals surface area contributed by atoms with E-state index in [1.165, 1.54) is 0 Å². The summed E-state index contributed by atoms with van der Waals surface area (Å²) in [5.74, 6) is 0.278. The van der Waals surface area contributed by atoms with Crippen LogP contribution in [0.3, 0.4) is 0 Å². The van der Waals surface area contributed by atoms with Gasteiger partial charge in [0.05, 0.1) is 26.7 Å². The Labute approximate surface area is 124 Å². The number of carboxylic acid groups (broad SMARTS) is 1. The third kappa shape index (κ3) is 3.28. The molecule has 0 bridgehead atoms. The van der Waals surface area contributed by atoms with Gasteiger partial charge in [0.2, 0.25) is 0 Å². The number of carbonyl (C=O) groups is 1. The summed E-state index contributed by atoms with van der Waals surface area (Å²) >= 11 is 0. The maximum atomic E-state index is 11.1. The van der Waals surface area contributed by atoms with Gasteiger partial charge in [0.15, 0.2) is 0 Å². The smallest absolute Gasteiger partial charge is 0.307 e. The Balaban J connectivity index is 2.37. The molecule has 0 radical (unpaired) electrons. The van der Waals surface area contributed by atoms with Gasteiger partial charge in [-0.15, -0.1) is 0 Å². The van der Waals surface area contributed by atoms with Crippen LogP contribution in [-0.4, -0.2) is 38.9 Å². The molecule has 1 fully saturated rings. The highest BCUT2D eigenvalue weighted by molar-refractivity contribution is 5.71.